The topological polar surface area (TPSA) is 337 Å². The molecule has 0 aromatic heterocycles. The quantitative estimate of drug-likeness (QED) is 0.0258. The average molecular weight is 1210 g/mol. The molecule has 0 spiro atoms. The lowest BCUT2D eigenvalue weighted by Crippen LogP contribution is -2.47. The molecular weight excluding hydrogens is 1080 g/mol. The molecule has 0 bridgehead atoms. The van der Waals surface area contributed by atoms with Crippen LogP contribution >= 0.6 is 0 Å². The molecule has 0 fully saturated rings. The fourth-order valence-electron chi connectivity index (χ4n) is 10.2. The molecule has 496 valence electrons. The minimum absolute atomic E-state index is 0.0654. The van der Waals surface area contributed by atoms with Crippen LogP contribution in [0, 0.1) is 0 Å². The van der Waals surface area contributed by atoms with Crippen LogP contribution in [0.1, 0.15) is 290 Å². The van der Waals surface area contributed by atoms with E-state index in [9.17, 15) is 38.4 Å². The lowest BCUT2D eigenvalue weighted by atomic mass is 10.1. The number of nitrogens with one attached hydrogen (secondary N) is 8. The lowest BCUT2D eigenvalue weighted by molar-refractivity contribution is -0.129. The number of nitrogens with two attached hydrogens (primary N) is 4. The summed E-state index contributed by atoms with van der Waals surface area (Å²) in [4.78, 5) is 104. The van der Waals surface area contributed by atoms with E-state index in [2.05, 4.69) is 56.4 Å². The van der Waals surface area contributed by atoms with E-state index in [0.717, 1.165) is 173 Å². The van der Waals surface area contributed by atoms with Crippen LogP contribution in [0.4, 0.5) is 0 Å². The van der Waals surface area contributed by atoms with Crippen molar-refractivity contribution in [3.63, 3.8) is 0 Å². The van der Waals surface area contributed by atoms with Gasteiger partial charge in [-0.15, -0.1) is 0 Å². The van der Waals surface area contributed by atoms with Gasteiger partial charge in [-0.25, -0.2) is 0 Å². The Bertz CT molecular complexity index is 1700. The maximum absolute atomic E-state index is 13.2. The van der Waals surface area contributed by atoms with Gasteiger partial charge in [-0.3, -0.25) is 38.4 Å². The molecule has 4 unspecified atom stereocenters. The largest absolute Gasteiger partial charge is 0.354 e. The van der Waals surface area contributed by atoms with Crippen LogP contribution in [0.2, 0.25) is 0 Å². The third-order valence-electron chi connectivity index (χ3n) is 15.6. The summed E-state index contributed by atoms with van der Waals surface area (Å²) >= 11 is 0. The average Bonchev–Trinajstić information content (AvgIpc) is 3.52. The van der Waals surface area contributed by atoms with Gasteiger partial charge in [-0.05, 0) is 155 Å². The van der Waals surface area contributed by atoms with Crippen molar-refractivity contribution in [3.05, 3.63) is 0 Å². The van der Waals surface area contributed by atoms with E-state index >= 15 is 0 Å². The number of unbranched alkanes of at least 4 members (excludes halogenated alkanes) is 26. The Kier molecular flexibility index (Phi) is 56.8. The third kappa shape index (κ3) is 50.3. The number of hydrogen-bond donors (Lipinski definition) is 12. The Hall–Kier alpha value is -4.40. The van der Waals surface area contributed by atoms with Crippen LogP contribution in [0.5, 0.6) is 0 Å². The van der Waals surface area contributed by atoms with E-state index in [-0.39, 0.29) is 47.3 Å². The molecule has 20 heteroatoms. The van der Waals surface area contributed by atoms with Crippen molar-refractivity contribution in [2.75, 3.05) is 52.4 Å². The highest BCUT2D eigenvalue weighted by Gasteiger charge is 2.24. The maximum atomic E-state index is 13.2. The molecule has 4 atom stereocenters. The monoisotopic (exact) mass is 1200 g/mol. The van der Waals surface area contributed by atoms with Crippen LogP contribution in [-0.2, 0) is 38.4 Å². The Morgan fingerprint density at radius 2 is 0.435 bits per heavy atom. The van der Waals surface area contributed by atoms with Gasteiger partial charge in [0.1, 0.15) is 24.2 Å². The van der Waals surface area contributed by atoms with Gasteiger partial charge in [-0.1, -0.05) is 136 Å². The molecule has 0 saturated carbocycles. The molecule has 0 aromatic rings. The van der Waals surface area contributed by atoms with Gasteiger partial charge in [-0.2, -0.15) is 0 Å². The molecule has 85 heavy (non-hydrogen) atoms. The second kappa shape index (κ2) is 59.9. The molecule has 0 saturated heterocycles. The molecule has 20 nitrogen and oxygen atoms in total. The number of carbonyl (C=O) groups excluding carboxylic acids is 8. The van der Waals surface area contributed by atoms with Crippen molar-refractivity contribution >= 4 is 47.3 Å². The summed E-state index contributed by atoms with van der Waals surface area (Å²) in [7, 11) is 0. The van der Waals surface area contributed by atoms with Gasteiger partial charge in [0.05, 0.1) is 0 Å². The normalized spacial score (nSPS) is 12.6. The highest BCUT2D eigenvalue weighted by Crippen LogP contribution is 2.14. The summed E-state index contributed by atoms with van der Waals surface area (Å²) in [6.07, 6.45) is 35.9. The first-order valence-electron chi connectivity index (χ1n) is 34.5. The Morgan fingerprint density at radius 3 is 0.659 bits per heavy atom. The van der Waals surface area contributed by atoms with Gasteiger partial charge < -0.3 is 65.5 Å². The molecule has 8 amide bonds. The van der Waals surface area contributed by atoms with Gasteiger partial charge >= 0.3 is 0 Å². The molecule has 0 aliphatic rings. The molecular formula is C65H128N12O8. The van der Waals surface area contributed by atoms with Crippen LogP contribution in [0.15, 0.2) is 0 Å². The van der Waals surface area contributed by atoms with Crippen LogP contribution in [0.3, 0.4) is 0 Å². The van der Waals surface area contributed by atoms with E-state index in [1.54, 1.807) is 0 Å². The van der Waals surface area contributed by atoms with E-state index in [0.29, 0.717) is 117 Å². The first-order valence-corrected chi connectivity index (χ1v) is 34.5. The third-order valence-corrected chi connectivity index (χ3v) is 15.6. The van der Waals surface area contributed by atoms with Gasteiger partial charge in [0, 0.05) is 51.9 Å². The van der Waals surface area contributed by atoms with Crippen LogP contribution in [0.25, 0.3) is 0 Å². The number of hydrogen-bond acceptors (Lipinski definition) is 12. The molecule has 16 N–H and O–H groups in total. The Labute approximate surface area is 515 Å². The standard InChI is InChI=1S/C65H128N12O8/c1-3-5-7-8-9-10-11-15-22-42-58(78)75-55(39-27-31-47-67)63(83)71-51-35-20-13-17-24-44-60(80)77-57(41-29-33-49-69)65(85)73-53-37-21-14-18-25-45-61(81)76-56(40-28-32-48-68)64(84)72-52-36-19-12-16-23-43-59(79)74-54(38-26-30-46-66)62(82)70-50-34-6-4-2/h54-57H,3-53,66-69H2,1-2H3,(H,70,82)(H,71,83)(H,72,84)(H,73,85)(H,74,79)(H,75,78)(H,76,81)(H,77,80). The number of rotatable bonds is 62. The summed E-state index contributed by atoms with van der Waals surface area (Å²) in [6, 6.07) is -2.33. The van der Waals surface area contributed by atoms with Crippen LogP contribution < -0.4 is 65.5 Å². The highest BCUT2D eigenvalue weighted by molar-refractivity contribution is 5.89. The predicted octanol–water partition coefficient (Wildman–Crippen LogP) is 8.04. The molecule has 0 rings (SSSR count). The minimum atomic E-state index is -0.622. The second-order valence-corrected chi connectivity index (χ2v) is 23.6. The van der Waals surface area contributed by atoms with Gasteiger partial charge in [0.15, 0.2) is 0 Å². The zero-order valence-corrected chi connectivity index (χ0v) is 53.9. The van der Waals surface area contributed by atoms with Crippen molar-refractivity contribution in [1.82, 2.24) is 42.5 Å². The predicted molar refractivity (Wildman–Crippen MR) is 346 cm³/mol. The van der Waals surface area contributed by atoms with Crippen molar-refractivity contribution in [2.24, 2.45) is 22.9 Å². The zero-order chi connectivity index (χ0) is 62.6. The number of carbonyl (C=O) groups is 8. The summed E-state index contributed by atoms with van der Waals surface area (Å²) < 4.78 is 0. The Morgan fingerprint density at radius 1 is 0.247 bits per heavy atom. The summed E-state index contributed by atoms with van der Waals surface area (Å²) in [5.41, 5.74) is 22.8. The van der Waals surface area contributed by atoms with Crippen molar-refractivity contribution in [3.8, 4) is 0 Å². The van der Waals surface area contributed by atoms with Crippen LogP contribution in [-0.4, -0.2) is 124 Å². The first-order chi connectivity index (χ1) is 41.4. The van der Waals surface area contributed by atoms with Gasteiger partial charge in [0.25, 0.3) is 0 Å². The van der Waals surface area contributed by atoms with Crippen molar-refractivity contribution in [1.29, 1.82) is 0 Å². The summed E-state index contributed by atoms with van der Waals surface area (Å²) in [5.74, 6) is -1.13. The zero-order valence-electron chi connectivity index (χ0n) is 53.9. The first kappa shape index (κ1) is 80.6. The molecule has 0 radical (unpaired) electrons. The van der Waals surface area contributed by atoms with Crippen molar-refractivity contribution in [2.45, 2.75) is 314 Å². The lowest BCUT2D eigenvalue weighted by Gasteiger charge is -2.19. The smallest absolute Gasteiger partial charge is 0.242 e. The SMILES string of the molecule is CCCCCCCCCCCC(=O)NC(CCCCN)C(=O)NCCCCCCCC(=O)NC(CCCCN)C(=O)NCCCCCCCC(=O)NC(CCCCN)C(=O)NCCCCCCCC(=O)NC(CCCCN)C(=O)NCCCCC. The molecule has 0 aromatic carbocycles. The molecule has 0 aliphatic carbocycles. The summed E-state index contributed by atoms with van der Waals surface area (Å²) in [6.45, 7) is 8.60. The highest BCUT2D eigenvalue weighted by atomic mass is 16.2. The van der Waals surface area contributed by atoms with E-state index < -0.39 is 24.2 Å². The number of amides is 8. The van der Waals surface area contributed by atoms with Gasteiger partial charge in [0.2, 0.25) is 47.3 Å². The Balaban J connectivity index is 4.52. The maximum Gasteiger partial charge on any atom is 0.242 e. The molecule has 0 heterocycles. The van der Waals surface area contributed by atoms with E-state index in [1.165, 1.54) is 38.5 Å². The molecule has 0 aliphatic heterocycles. The fourth-order valence-corrected chi connectivity index (χ4v) is 10.2. The van der Waals surface area contributed by atoms with E-state index in [4.69, 9.17) is 22.9 Å². The second-order valence-electron chi connectivity index (χ2n) is 23.6. The van der Waals surface area contributed by atoms with E-state index in [1.807, 2.05) is 0 Å². The summed E-state index contributed by atoms with van der Waals surface area (Å²) in [5, 5.41) is 23.8. The minimum Gasteiger partial charge on any atom is -0.354 e. The van der Waals surface area contributed by atoms with Crippen molar-refractivity contribution < 1.29 is 38.4 Å². The fraction of sp³-hybridized carbons (Fsp3) is 0.877.